The number of Topliss-reactive ketones (excluding diaryl/α,β-unsaturated/α-hetero) is 1. The monoisotopic (exact) mass is 413 g/mol. The predicted octanol–water partition coefficient (Wildman–Crippen LogP) is 1.26. The summed E-state index contributed by atoms with van der Waals surface area (Å²) in [5.41, 5.74) is 0.101. The van der Waals surface area contributed by atoms with E-state index in [1.54, 1.807) is 36.1 Å². The van der Waals surface area contributed by atoms with E-state index in [2.05, 4.69) is 5.32 Å². The Labute approximate surface area is 173 Å². The third-order valence-electron chi connectivity index (χ3n) is 5.92. The molecule has 30 heavy (non-hydrogen) atoms. The van der Waals surface area contributed by atoms with E-state index in [9.17, 15) is 24.0 Å². The molecule has 2 aliphatic heterocycles. The number of nitrogens with zero attached hydrogens (tertiary/aromatic N) is 2. The van der Waals surface area contributed by atoms with Crippen molar-refractivity contribution in [2.24, 2.45) is 5.92 Å². The highest BCUT2D eigenvalue weighted by atomic mass is 16.5. The van der Waals surface area contributed by atoms with Gasteiger partial charge in [0.05, 0.1) is 0 Å². The second kappa shape index (κ2) is 7.55. The van der Waals surface area contributed by atoms with E-state index in [4.69, 9.17) is 4.74 Å². The quantitative estimate of drug-likeness (QED) is 0.409. The van der Waals surface area contributed by atoms with E-state index < -0.39 is 42.4 Å². The molecule has 1 aromatic carbocycles. The predicted molar refractivity (Wildman–Crippen MR) is 105 cm³/mol. The number of urea groups is 1. The van der Waals surface area contributed by atoms with Crippen LogP contribution in [0.15, 0.2) is 24.3 Å². The van der Waals surface area contributed by atoms with Crippen LogP contribution in [-0.2, 0) is 19.1 Å². The maximum atomic E-state index is 12.5. The number of rotatable bonds is 7. The third-order valence-corrected chi connectivity index (χ3v) is 5.92. The van der Waals surface area contributed by atoms with Crippen molar-refractivity contribution in [1.82, 2.24) is 10.2 Å². The van der Waals surface area contributed by atoms with Gasteiger partial charge < -0.3 is 15.0 Å². The summed E-state index contributed by atoms with van der Waals surface area (Å²) < 4.78 is 4.98. The zero-order chi connectivity index (χ0) is 21.5. The molecule has 1 N–H and O–H groups in total. The van der Waals surface area contributed by atoms with Crippen LogP contribution in [0, 0.1) is 5.92 Å². The molecule has 2 saturated heterocycles. The van der Waals surface area contributed by atoms with Crippen LogP contribution in [0.1, 0.15) is 43.0 Å². The van der Waals surface area contributed by atoms with Crippen molar-refractivity contribution in [2.45, 2.75) is 38.1 Å². The molecular formula is C21H23N3O6. The SMILES string of the molecule is C[C@@]1(C2CC2)NC(=O)N(CC(=O)OCC(=O)c2ccc(N3CCCC3=O)cc2)C1=O. The van der Waals surface area contributed by atoms with Crippen LogP contribution in [0.3, 0.4) is 0 Å². The van der Waals surface area contributed by atoms with Crippen molar-refractivity contribution in [2.75, 3.05) is 24.6 Å². The van der Waals surface area contributed by atoms with Gasteiger partial charge in [-0.1, -0.05) is 0 Å². The highest BCUT2D eigenvalue weighted by Gasteiger charge is 2.56. The van der Waals surface area contributed by atoms with E-state index >= 15 is 0 Å². The van der Waals surface area contributed by atoms with Gasteiger partial charge in [-0.05, 0) is 56.4 Å². The Morgan fingerprint density at radius 2 is 1.87 bits per heavy atom. The van der Waals surface area contributed by atoms with Gasteiger partial charge in [-0.2, -0.15) is 0 Å². The van der Waals surface area contributed by atoms with Gasteiger partial charge in [0.2, 0.25) is 5.91 Å². The lowest BCUT2D eigenvalue weighted by Gasteiger charge is -2.20. The fraction of sp³-hybridized carbons (Fsp3) is 0.476. The molecule has 9 heteroatoms. The van der Waals surface area contributed by atoms with Crippen LogP contribution in [0.25, 0.3) is 0 Å². The molecule has 0 unspecified atom stereocenters. The number of ether oxygens (including phenoxy) is 1. The third kappa shape index (κ3) is 3.67. The lowest BCUT2D eigenvalue weighted by molar-refractivity contribution is -0.146. The second-order valence-electron chi connectivity index (χ2n) is 8.08. The highest BCUT2D eigenvalue weighted by Crippen LogP contribution is 2.42. The maximum Gasteiger partial charge on any atom is 0.326 e. The first-order valence-electron chi connectivity index (χ1n) is 10.0. The molecule has 0 radical (unpaired) electrons. The number of hydrogen-bond donors (Lipinski definition) is 1. The lowest BCUT2D eigenvalue weighted by atomic mass is 9.96. The standard InChI is InChI=1S/C21H23N3O6/c1-21(14-6-7-14)19(28)24(20(29)22-21)11-18(27)30-12-16(25)13-4-8-15(9-5-13)23-10-2-3-17(23)26/h4-5,8-9,14H,2-3,6-7,10-12H2,1H3,(H,22,29)/t21-/m0/s1. The lowest BCUT2D eigenvalue weighted by Crippen LogP contribution is -2.46. The molecule has 1 saturated carbocycles. The van der Waals surface area contributed by atoms with Crippen LogP contribution >= 0.6 is 0 Å². The molecule has 1 aromatic rings. The second-order valence-corrected chi connectivity index (χ2v) is 8.08. The molecule has 9 nitrogen and oxygen atoms in total. The van der Waals surface area contributed by atoms with Gasteiger partial charge in [-0.3, -0.25) is 24.1 Å². The van der Waals surface area contributed by atoms with Gasteiger partial charge >= 0.3 is 12.0 Å². The van der Waals surface area contributed by atoms with Gasteiger partial charge in [0.15, 0.2) is 12.4 Å². The van der Waals surface area contributed by atoms with Crippen molar-refractivity contribution >= 4 is 35.3 Å². The van der Waals surface area contributed by atoms with Crippen molar-refractivity contribution < 1.29 is 28.7 Å². The first kappa shape index (κ1) is 20.1. The minimum atomic E-state index is -0.967. The van der Waals surface area contributed by atoms with E-state index in [0.29, 0.717) is 18.5 Å². The Bertz CT molecular complexity index is 923. The number of carbonyl (C=O) groups is 5. The van der Waals surface area contributed by atoms with Gasteiger partial charge in [-0.25, -0.2) is 4.79 Å². The maximum absolute atomic E-state index is 12.5. The number of ketones is 1. The van der Waals surface area contributed by atoms with Gasteiger partial charge in [0, 0.05) is 24.2 Å². The first-order valence-corrected chi connectivity index (χ1v) is 10.0. The Balaban J connectivity index is 1.29. The summed E-state index contributed by atoms with van der Waals surface area (Å²) in [6, 6.07) is 5.91. The largest absolute Gasteiger partial charge is 0.456 e. The van der Waals surface area contributed by atoms with E-state index in [1.807, 2.05) is 0 Å². The normalized spacial score (nSPS) is 23.7. The van der Waals surface area contributed by atoms with Crippen molar-refractivity contribution in [3.8, 4) is 0 Å². The molecular weight excluding hydrogens is 390 g/mol. The molecule has 1 aliphatic carbocycles. The summed E-state index contributed by atoms with van der Waals surface area (Å²) in [5.74, 6) is -1.53. The van der Waals surface area contributed by atoms with Crippen molar-refractivity contribution in [3.05, 3.63) is 29.8 Å². The number of hydrogen-bond acceptors (Lipinski definition) is 6. The molecule has 4 amide bonds. The topological polar surface area (TPSA) is 113 Å². The molecule has 4 rings (SSSR count). The van der Waals surface area contributed by atoms with Crippen LogP contribution < -0.4 is 10.2 Å². The summed E-state index contributed by atoms with van der Waals surface area (Å²) in [6.07, 6.45) is 3.06. The van der Waals surface area contributed by atoms with Crippen molar-refractivity contribution in [3.63, 3.8) is 0 Å². The highest BCUT2D eigenvalue weighted by molar-refractivity contribution is 6.09. The number of imide groups is 1. The molecule has 0 spiro atoms. The van der Waals surface area contributed by atoms with Crippen molar-refractivity contribution in [1.29, 1.82) is 0 Å². The number of benzene rings is 1. The number of anilines is 1. The molecule has 2 heterocycles. The smallest absolute Gasteiger partial charge is 0.326 e. The number of carbonyl (C=O) groups excluding carboxylic acids is 5. The molecule has 158 valence electrons. The Hall–Kier alpha value is -3.23. The minimum absolute atomic E-state index is 0.0567. The summed E-state index contributed by atoms with van der Waals surface area (Å²) >= 11 is 0. The van der Waals surface area contributed by atoms with Gasteiger partial charge in [-0.15, -0.1) is 0 Å². The number of nitrogens with one attached hydrogen (secondary N) is 1. The van der Waals surface area contributed by atoms with Gasteiger partial charge in [0.25, 0.3) is 5.91 Å². The van der Waals surface area contributed by atoms with Crippen LogP contribution in [0.2, 0.25) is 0 Å². The summed E-state index contributed by atoms with van der Waals surface area (Å²) in [4.78, 5) is 63.3. The number of amides is 4. The van der Waals surface area contributed by atoms with Gasteiger partial charge in [0.1, 0.15) is 12.1 Å². The molecule has 0 aromatic heterocycles. The molecule has 3 aliphatic rings. The zero-order valence-corrected chi connectivity index (χ0v) is 16.7. The Morgan fingerprint density at radius 3 is 2.47 bits per heavy atom. The van der Waals surface area contributed by atoms with E-state index in [1.165, 1.54) is 0 Å². The summed E-state index contributed by atoms with van der Waals surface area (Å²) in [5, 5.41) is 2.65. The average molecular weight is 413 g/mol. The van der Waals surface area contributed by atoms with Crippen LogP contribution in [0.5, 0.6) is 0 Å². The number of esters is 1. The van der Waals surface area contributed by atoms with Crippen LogP contribution in [0.4, 0.5) is 10.5 Å². The zero-order valence-electron chi connectivity index (χ0n) is 16.7. The molecule has 1 atom stereocenters. The summed E-state index contributed by atoms with van der Waals surface area (Å²) in [7, 11) is 0. The average Bonchev–Trinajstić information content (AvgIpc) is 3.47. The molecule has 3 fully saturated rings. The van der Waals surface area contributed by atoms with Crippen LogP contribution in [-0.4, -0.2) is 59.7 Å². The Kier molecular flexibility index (Phi) is 5.05. The van der Waals surface area contributed by atoms with E-state index in [-0.39, 0.29) is 11.8 Å². The fourth-order valence-electron chi connectivity index (χ4n) is 3.95. The minimum Gasteiger partial charge on any atom is -0.456 e. The Morgan fingerprint density at radius 1 is 1.17 bits per heavy atom. The fourth-order valence-corrected chi connectivity index (χ4v) is 3.95. The molecule has 0 bridgehead atoms. The first-order chi connectivity index (χ1) is 14.3. The van der Waals surface area contributed by atoms with E-state index in [0.717, 1.165) is 29.8 Å². The summed E-state index contributed by atoms with van der Waals surface area (Å²) in [6.45, 7) is 1.30.